The Balaban J connectivity index is 1.99. The average Bonchev–Trinajstić information content (AvgIpc) is 2.46. The van der Waals surface area contributed by atoms with Crippen LogP contribution in [0.15, 0.2) is 24.3 Å². The van der Waals surface area contributed by atoms with Crippen molar-refractivity contribution in [3.63, 3.8) is 0 Å². The fourth-order valence-electron chi connectivity index (χ4n) is 2.41. The summed E-state index contributed by atoms with van der Waals surface area (Å²) >= 11 is 0. The van der Waals surface area contributed by atoms with E-state index in [4.69, 9.17) is 5.73 Å². The summed E-state index contributed by atoms with van der Waals surface area (Å²) in [6.07, 6.45) is -3.81. The van der Waals surface area contributed by atoms with Crippen molar-refractivity contribution in [3.8, 4) is 0 Å². The molecule has 1 saturated heterocycles. The van der Waals surface area contributed by atoms with Gasteiger partial charge in [0.1, 0.15) is 0 Å². The lowest BCUT2D eigenvalue weighted by Gasteiger charge is -2.33. The van der Waals surface area contributed by atoms with Gasteiger partial charge < -0.3 is 16.0 Å². The van der Waals surface area contributed by atoms with Gasteiger partial charge in [0.25, 0.3) is 0 Å². The van der Waals surface area contributed by atoms with Gasteiger partial charge in [0.15, 0.2) is 0 Å². The molecule has 1 aromatic carbocycles. The minimum Gasteiger partial charge on any atom is -0.326 e. The van der Waals surface area contributed by atoms with Crippen molar-refractivity contribution in [2.24, 2.45) is 11.7 Å². The van der Waals surface area contributed by atoms with Crippen molar-refractivity contribution >= 4 is 11.7 Å². The quantitative estimate of drug-likeness (QED) is 0.882. The molecule has 1 atom stereocenters. The monoisotopic (exact) mass is 301 g/mol. The Morgan fingerprint density at radius 2 is 2.19 bits per heavy atom. The highest BCUT2D eigenvalue weighted by Gasteiger charge is 2.42. The van der Waals surface area contributed by atoms with Gasteiger partial charge >= 0.3 is 12.2 Å². The van der Waals surface area contributed by atoms with Crippen molar-refractivity contribution in [2.45, 2.75) is 25.6 Å². The first-order chi connectivity index (χ1) is 9.90. The van der Waals surface area contributed by atoms with Gasteiger partial charge in [-0.2, -0.15) is 13.2 Å². The van der Waals surface area contributed by atoms with Gasteiger partial charge in [0.2, 0.25) is 0 Å². The van der Waals surface area contributed by atoms with E-state index >= 15 is 0 Å². The zero-order valence-corrected chi connectivity index (χ0v) is 11.5. The second-order valence-corrected chi connectivity index (χ2v) is 5.16. The highest BCUT2D eigenvalue weighted by atomic mass is 19.4. The third-order valence-corrected chi connectivity index (χ3v) is 3.59. The van der Waals surface area contributed by atoms with E-state index in [0.29, 0.717) is 25.2 Å². The van der Waals surface area contributed by atoms with E-state index in [-0.39, 0.29) is 13.0 Å². The predicted octanol–water partition coefficient (Wildman–Crippen LogP) is 2.95. The third kappa shape index (κ3) is 4.10. The summed E-state index contributed by atoms with van der Waals surface area (Å²) in [5.41, 5.74) is 6.90. The number of halogens is 3. The highest BCUT2D eigenvalue weighted by molar-refractivity contribution is 5.89. The highest BCUT2D eigenvalue weighted by Crippen LogP contribution is 2.33. The molecule has 0 aliphatic carbocycles. The van der Waals surface area contributed by atoms with Crippen LogP contribution in [0.5, 0.6) is 0 Å². The Morgan fingerprint density at radius 3 is 2.86 bits per heavy atom. The summed E-state index contributed by atoms with van der Waals surface area (Å²) in [7, 11) is 0. The molecule has 1 aliphatic heterocycles. The van der Waals surface area contributed by atoms with Gasteiger partial charge in [-0.1, -0.05) is 12.1 Å². The van der Waals surface area contributed by atoms with E-state index < -0.39 is 18.1 Å². The Labute approximate surface area is 121 Å². The van der Waals surface area contributed by atoms with E-state index in [9.17, 15) is 18.0 Å². The summed E-state index contributed by atoms with van der Waals surface area (Å²) in [5, 5.41) is 2.62. The van der Waals surface area contributed by atoms with Crippen LogP contribution < -0.4 is 11.1 Å². The van der Waals surface area contributed by atoms with Crippen LogP contribution in [0.25, 0.3) is 0 Å². The number of urea groups is 1. The Morgan fingerprint density at radius 1 is 1.43 bits per heavy atom. The van der Waals surface area contributed by atoms with Crippen LogP contribution in [0.2, 0.25) is 0 Å². The van der Waals surface area contributed by atoms with E-state index in [1.807, 2.05) is 6.07 Å². The minimum atomic E-state index is -4.25. The maximum absolute atomic E-state index is 12.7. The zero-order valence-electron chi connectivity index (χ0n) is 11.5. The van der Waals surface area contributed by atoms with Gasteiger partial charge in [-0.3, -0.25) is 0 Å². The lowest BCUT2D eigenvalue weighted by molar-refractivity contribution is -0.183. The topological polar surface area (TPSA) is 58.4 Å². The number of likely N-dealkylation sites (tertiary alicyclic amines) is 1. The largest absolute Gasteiger partial charge is 0.393 e. The van der Waals surface area contributed by atoms with Crippen LogP contribution in [0.1, 0.15) is 18.4 Å². The molecule has 0 radical (unpaired) electrons. The maximum atomic E-state index is 12.7. The summed E-state index contributed by atoms with van der Waals surface area (Å²) in [6.45, 7) is 0.393. The molecule has 0 spiro atoms. The molecule has 1 unspecified atom stereocenters. The van der Waals surface area contributed by atoms with Gasteiger partial charge in [0.05, 0.1) is 5.92 Å². The van der Waals surface area contributed by atoms with Gasteiger partial charge in [0, 0.05) is 25.3 Å². The van der Waals surface area contributed by atoms with Crippen molar-refractivity contribution in [1.82, 2.24) is 4.90 Å². The number of rotatable bonds is 2. The molecule has 7 heteroatoms. The number of hydrogen-bond donors (Lipinski definition) is 2. The van der Waals surface area contributed by atoms with E-state index in [0.717, 1.165) is 5.56 Å². The first kappa shape index (κ1) is 15.6. The number of carbonyl (C=O) groups excluding carboxylic acids is 1. The molecule has 116 valence electrons. The standard InChI is InChI=1S/C14H18F3N3O/c15-14(16,17)11-4-2-6-20(9-11)13(21)19-12-5-1-3-10(7-12)8-18/h1,3,5,7,11H,2,4,6,8-9,18H2,(H,19,21). The third-order valence-electron chi connectivity index (χ3n) is 3.59. The predicted molar refractivity (Wildman–Crippen MR) is 73.7 cm³/mol. The van der Waals surface area contributed by atoms with E-state index in [1.165, 1.54) is 4.90 Å². The van der Waals surface area contributed by atoms with E-state index in [1.54, 1.807) is 18.2 Å². The fraction of sp³-hybridized carbons (Fsp3) is 0.500. The number of carbonyl (C=O) groups is 1. The van der Waals surface area contributed by atoms with Crippen LogP contribution >= 0.6 is 0 Å². The molecule has 3 N–H and O–H groups in total. The second-order valence-electron chi connectivity index (χ2n) is 5.16. The molecule has 1 aliphatic rings. The molecular formula is C14H18F3N3O. The Hall–Kier alpha value is -1.76. The molecule has 4 nitrogen and oxygen atoms in total. The lowest BCUT2D eigenvalue weighted by atomic mass is 9.98. The van der Waals surface area contributed by atoms with Crippen LogP contribution in [0, 0.1) is 5.92 Å². The van der Waals surface area contributed by atoms with Crippen molar-refractivity contribution < 1.29 is 18.0 Å². The molecular weight excluding hydrogens is 283 g/mol. The molecule has 2 amide bonds. The number of nitrogens with two attached hydrogens (primary N) is 1. The number of nitrogens with one attached hydrogen (secondary N) is 1. The number of piperidine rings is 1. The number of benzene rings is 1. The first-order valence-corrected chi connectivity index (χ1v) is 6.82. The molecule has 1 fully saturated rings. The first-order valence-electron chi connectivity index (χ1n) is 6.82. The van der Waals surface area contributed by atoms with Gasteiger partial charge in [-0.05, 0) is 30.5 Å². The number of amides is 2. The van der Waals surface area contributed by atoms with E-state index in [2.05, 4.69) is 5.32 Å². The summed E-state index contributed by atoms with van der Waals surface area (Å²) in [5.74, 6) is -1.44. The van der Waals surface area contributed by atoms with Crippen LogP contribution in [0.3, 0.4) is 0 Å². The molecule has 1 aromatic rings. The number of alkyl halides is 3. The molecule has 2 rings (SSSR count). The minimum absolute atomic E-state index is 0.0793. The van der Waals surface area contributed by atoms with Crippen molar-refractivity contribution in [1.29, 1.82) is 0 Å². The van der Waals surface area contributed by atoms with Crippen molar-refractivity contribution in [3.05, 3.63) is 29.8 Å². The summed E-state index contributed by atoms with van der Waals surface area (Å²) < 4.78 is 38.2. The summed E-state index contributed by atoms with van der Waals surface area (Å²) in [4.78, 5) is 13.3. The summed E-state index contributed by atoms with van der Waals surface area (Å²) in [6, 6.07) is 6.45. The Bertz CT molecular complexity index is 504. The van der Waals surface area contributed by atoms with Crippen LogP contribution in [-0.4, -0.2) is 30.2 Å². The molecule has 1 heterocycles. The lowest BCUT2D eigenvalue weighted by Crippen LogP contribution is -2.46. The molecule has 0 bridgehead atoms. The Kier molecular flexibility index (Phi) is 4.72. The number of hydrogen-bond acceptors (Lipinski definition) is 2. The van der Waals surface area contributed by atoms with Gasteiger partial charge in [-0.25, -0.2) is 4.79 Å². The smallest absolute Gasteiger partial charge is 0.326 e. The van der Waals surface area contributed by atoms with Crippen molar-refractivity contribution in [2.75, 3.05) is 18.4 Å². The average molecular weight is 301 g/mol. The second kappa shape index (κ2) is 6.34. The maximum Gasteiger partial charge on any atom is 0.393 e. The van der Waals surface area contributed by atoms with Crippen LogP contribution in [0.4, 0.5) is 23.7 Å². The fourth-order valence-corrected chi connectivity index (χ4v) is 2.41. The number of anilines is 1. The zero-order chi connectivity index (χ0) is 15.5. The molecule has 0 aromatic heterocycles. The van der Waals surface area contributed by atoms with Crippen LogP contribution in [-0.2, 0) is 6.54 Å². The molecule has 0 saturated carbocycles. The molecule has 21 heavy (non-hydrogen) atoms. The SMILES string of the molecule is NCc1cccc(NC(=O)N2CCCC(C(F)(F)F)C2)c1. The number of nitrogens with zero attached hydrogens (tertiary/aromatic N) is 1. The normalized spacial score (nSPS) is 19.4. The van der Waals surface area contributed by atoms with Gasteiger partial charge in [-0.15, -0.1) is 0 Å².